The first-order valence-electron chi connectivity index (χ1n) is 5.55. The molecule has 0 spiro atoms. The summed E-state index contributed by atoms with van der Waals surface area (Å²) in [6.07, 6.45) is 0. The molecule has 3 atom stereocenters. The van der Waals surface area contributed by atoms with Gasteiger partial charge in [-0.25, -0.2) is 9.45 Å². The zero-order valence-corrected chi connectivity index (χ0v) is 10.2. The van der Waals surface area contributed by atoms with Crippen LogP contribution in [0.5, 0.6) is 0 Å². The zero-order chi connectivity index (χ0) is 12.6. The number of rotatable bonds is 3. The van der Waals surface area contributed by atoms with Gasteiger partial charge in [0.1, 0.15) is 5.67 Å². The normalized spacial score (nSPS) is 31.1. The van der Waals surface area contributed by atoms with E-state index in [1.165, 1.54) is 21.1 Å². The van der Waals surface area contributed by atoms with E-state index in [0.29, 0.717) is 0 Å². The molecule has 0 aromatic heterocycles. The fraction of sp³-hybridized carbons (Fsp3) is 0.462. The highest BCUT2D eigenvalue weighted by Gasteiger charge is 2.67. The minimum absolute atomic E-state index is 0.314. The quantitative estimate of drug-likeness (QED) is 0.754. The van der Waals surface area contributed by atoms with Crippen LogP contribution in [-0.2, 0) is 9.63 Å². The Kier molecular flexibility index (Phi) is 2.91. The van der Waals surface area contributed by atoms with E-state index in [0.717, 1.165) is 10.6 Å². The Bertz CT molecular complexity index is 419. The van der Waals surface area contributed by atoms with Gasteiger partial charge in [-0.3, -0.25) is 9.63 Å². The number of hydrogen-bond acceptors (Lipinski definition) is 2. The lowest BCUT2D eigenvalue weighted by Crippen LogP contribution is -2.29. The molecule has 0 radical (unpaired) electrons. The molecule has 0 saturated heterocycles. The maximum atomic E-state index is 14.3. The molecule has 1 fully saturated rings. The fourth-order valence-electron chi connectivity index (χ4n) is 2.33. The van der Waals surface area contributed by atoms with Gasteiger partial charge in [-0.15, -0.1) is 0 Å². The molecule has 3 nitrogen and oxygen atoms in total. The standard InChI is InChI=1S/C13H16FNO2/c1-13(14)10(9-7-5-4-6-8-9)11(13)12(16)15(2)17-3/h4-8,10-11H,1-3H3/t10-,11+,13+/m1/s1. The summed E-state index contributed by atoms with van der Waals surface area (Å²) < 4.78 is 14.3. The average Bonchev–Trinajstić information content (AvgIpc) is 2.91. The van der Waals surface area contributed by atoms with Crippen molar-refractivity contribution in [2.75, 3.05) is 14.2 Å². The first-order chi connectivity index (χ1) is 8.00. The van der Waals surface area contributed by atoms with E-state index < -0.39 is 11.6 Å². The Morgan fingerprint density at radius 1 is 1.41 bits per heavy atom. The van der Waals surface area contributed by atoms with Gasteiger partial charge >= 0.3 is 0 Å². The van der Waals surface area contributed by atoms with E-state index >= 15 is 0 Å². The molecule has 1 aromatic carbocycles. The summed E-state index contributed by atoms with van der Waals surface area (Å²) >= 11 is 0. The molecule has 0 N–H and O–H groups in total. The minimum Gasteiger partial charge on any atom is -0.275 e. The number of alkyl halides is 1. The Morgan fingerprint density at radius 3 is 2.53 bits per heavy atom. The molecule has 92 valence electrons. The van der Waals surface area contributed by atoms with Crippen molar-refractivity contribution in [1.29, 1.82) is 0 Å². The average molecular weight is 237 g/mol. The Balaban J connectivity index is 2.20. The van der Waals surface area contributed by atoms with Gasteiger partial charge in [-0.05, 0) is 12.5 Å². The van der Waals surface area contributed by atoms with E-state index in [4.69, 9.17) is 4.84 Å². The lowest BCUT2D eigenvalue weighted by Gasteiger charge is -2.13. The molecule has 1 aliphatic rings. The van der Waals surface area contributed by atoms with Crippen LogP contribution >= 0.6 is 0 Å². The van der Waals surface area contributed by atoms with E-state index in [1.54, 1.807) is 0 Å². The summed E-state index contributed by atoms with van der Waals surface area (Å²) in [6, 6.07) is 9.28. The number of hydroxylamine groups is 2. The van der Waals surface area contributed by atoms with Gasteiger partial charge in [0.05, 0.1) is 13.0 Å². The summed E-state index contributed by atoms with van der Waals surface area (Å²) in [4.78, 5) is 16.7. The van der Waals surface area contributed by atoms with Gasteiger partial charge in [-0.2, -0.15) is 0 Å². The third-order valence-electron chi connectivity index (χ3n) is 3.45. The number of carbonyl (C=O) groups is 1. The van der Waals surface area contributed by atoms with Crippen molar-refractivity contribution in [1.82, 2.24) is 5.06 Å². The molecule has 17 heavy (non-hydrogen) atoms. The monoisotopic (exact) mass is 237 g/mol. The van der Waals surface area contributed by atoms with Crippen molar-refractivity contribution < 1.29 is 14.0 Å². The molecule has 1 aromatic rings. The number of benzene rings is 1. The fourth-order valence-corrected chi connectivity index (χ4v) is 2.33. The third-order valence-corrected chi connectivity index (χ3v) is 3.45. The largest absolute Gasteiger partial charge is 0.275 e. The van der Waals surface area contributed by atoms with Crippen LogP contribution in [0.2, 0.25) is 0 Å². The van der Waals surface area contributed by atoms with E-state index in [1.807, 2.05) is 30.3 Å². The summed E-state index contributed by atoms with van der Waals surface area (Å²) in [5.41, 5.74) is -0.619. The molecule has 1 aliphatic carbocycles. The highest BCUT2D eigenvalue weighted by Crippen LogP contribution is 2.60. The van der Waals surface area contributed by atoms with Crippen LogP contribution in [0.1, 0.15) is 18.4 Å². The van der Waals surface area contributed by atoms with Gasteiger partial charge < -0.3 is 0 Å². The van der Waals surface area contributed by atoms with Gasteiger partial charge in [0.15, 0.2) is 0 Å². The van der Waals surface area contributed by atoms with Crippen LogP contribution in [0.25, 0.3) is 0 Å². The van der Waals surface area contributed by atoms with Crippen LogP contribution in [-0.4, -0.2) is 30.8 Å². The molecule has 0 unspecified atom stereocenters. The summed E-state index contributed by atoms with van der Waals surface area (Å²) in [7, 11) is 2.90. The number of nitrogens with zero attached hydrogens (tertiary/aromatic N) is 1. The molecule has 4 heteroatoms. The van der Waals surface area contributed by atoms with Crippen molar-refractivity contribution >= 4 is 5.91 Å². The highest BCUT2D eigenvalue weighted by atomic mass is 19.1. The van der Waals surface area contributed by atoms with Gasteiger partial charge in [0, 0.05) is 13.0 Å². The lowest BCUT2D eigenvalue weighted by molar-refractivity contribution is -0.171. The van der Waals surface area contributed by atoms with Crippen LogP contribution in [0.3, 0.4) is 0 Å². The SMILES string of the molecule is CON(C)C(=O)[C@@H]1[C@@H](c2ccccc2)[C@]1(C)F. The number of halogens is 1. The smallest absolute Gasteiger partial charge is 0.252 e. The molecule has 0 heterocycles. The third kappa shape index (κ3) is 1.93. The number of hydrogen-bond donors (Lipinski definition) is 0. The first kappa shape index (κ1) is 12.0. The van der Waals surface area contributed by atoms with Crippen molar-refractivity contribution in [3.05, 3.63) is 35.9 Å². The maximum Gasteiger partial charge on any atom is 0.252 e. The second-order valence-electron chi connectivity index (χ2n) is 4.54. The van der Waals surface area contributed by atoms with Crippen LogP contribution < -0.4 is 0 Å². The Hall–Kier alpha value is -1.42. The van der Waals surface area contributed by atoms with E-state index in [9.17, 15) is 9.18 Å². The lowest BCUT2D eigenvalue weighted by atomic mass is 10.1. The van der Waals surface area contributed by atoms with Crippen molar-refractivity contribution in [3.63, 3.8) is 0 Å². The first-order valence-corrected chi connectivity index (χ1v) is 5.55. The predicted octanol–water partition coefficient (Wildman–Crippen LogP) is 2.15. The molecule has 1 amide bonds. The van der Waals surface area contributed by atoms with Crippen LogP contribution in [0, 0.1) is 5.92 Å². The molecular formula is C13H16FNO2. The van der Waals surface area contributed by atoms with Crippen LogP contribution in [0.4, 0.5) is 4.39 Å². The Labute approximate surface area is 100 Å². The number of amides is 1. The molecule has 0 bridgehead atoms. The minimum atomic E-state index is -1.48. The molecule has 0 aliphatic heterocycles. The second-order valence-corrected chi connectivity index (χ2v) is 4.54. The Morgan fingerprint density at radius 2 is 2.00 bits per heavy atom. The van der Waals surface area contributed by atoms with Gasteiger partial charge in [0.25, 0.3) is 5.91 Å². The summed E-state index contributed by atoms with van der Waals surface area (Å²) in [5, 5.41) is 1.09. The van der Waals surface area contributed by atoms with Crippen LogP contribution in [0.15, 0.2) is 30.3 Å². The zero-order valence-electron chi connectivity index (χ0n) is 10.2. The maximum absolute atomic E-state index is 14.3. The molecular weight excluding hydrogens is 221 g/mol. The van der Waals surface area contributed by atoms with Crippen molar-refractivity contribution in [3.8, 4) is 0 Å². The van der Waals surface area contributed by atoms with Gasteiger partial charge in [0.2, 0.25) is 0 Å². The topological polar surface area (TPSA) is 29.5 Å². The van der Waals surface area contributed by atoms with Gasteiger partial charge in [-0.1, -0.05) is 30.3 Å². The molecule has 1 saturated carbocycles. The van der Waals surface area contributed by atoms with E-state index in [-0.39, 0.29) is 11.8 Å². The molecule has 2 rings (SSSR count). The van der Waals surface area contributed by atoms with E-state index in [2.05, 4.69) is 0 Å². The summed E-state index contributed by atoms with van der Waals surface area (Å²) in [5.74, 6) is -1.32. The highest BCUT2D eigenvalue weighted by molar-refractivity contribution is 5.84. The number of carbonyl (C=O) groups excluding carboxylic acids is 1. The predicted molar refractivity (Wildman–Crippen MR) is 62.0 cm³/mol. The van der Waals surface area contributed by atoms with Crippen molar-refractivity contribution in [2.45, 2.75) is 18.5 Å². The summed E-state index contributed by atoms with van der Waals surface area (Å²) in [6.45, 7) is 1.47. The van der Waals surface area contributed by atoms with Crippen molar-refractivity contribution in [2.24, 2.45) is 5.92 Å². The second kappa shape index (κ2) is 4.11.